The fraction of sp³-hybridized carbons (Fsp3) is 0.164. The Bertz CT molecular complexity index is 3480. The van der Waals surface area contributed by atoms with Crippen molar-refractivity contribution in [3.05, 3.63) is 241 Å². The van der Waals surface area contributed by atoms with Gasteiger partial charge in [-0.05, 0) is 149 Å². The second-order valence-corrected chi connectivity index (χ2v) is 21.5. The van der Waals surface area contributed by atoms with Crippen LogP contribution in [0.4, 0.5) is 34.1 Å². The highest BCUT2D eigenvalue weighted by molar-refractivity contribution is 6.12. The lowest BCUT2D eigenvalue weighted by molar-refractivity contribution is 0.590. The van der Waals surface area contributed by atoms with Gasteiger partial charge in [0, 0.05) is 39.2 Å². The van der Waals surface area contributed by atoms with Gasteiger partial charge >= 0.3 is 0 Å². The Morgan fingerprint density at radius 1 is 0.348 bits per heavy atom. The molecule has 0 heterocycles. The normalized spacial score (nSPS) is 13.0. The van der Waals surface area contributed by atoms with Gasteiger partial charge in [-0.1, -0.05) is 207 Å². The highest BCUT2D eigenvalue weighted by Crippen LogP contribution is 2.57. The van der Waals surface area contributed by atoms with E-state index in [0.717, 1.165) is 28.4 Å². The summed E-state index contributed by atoms with van der Waals surface area (Å²) in [5.74, 6) is 0. The smallest absolute Gasteiger partial charge is 0.0543 e. The highest BCUT2D eigenvalue weighted by atomic mass is 15.1. The van der Waals surface area contributed by atoms with Crippen molar-refractivity contribution in [3.63, 3.8) is 0 Å². The summed E-state index contributed by atoms with van der Waals surface area (Å²) < 4.78 is 0. The maximum absolute atomic E-state index is 2.50. The maximum Gasteiger partial charge on any atom is 0.0543 e. The second kappa shape index (κ2) is 16.8. The minimum absolute atomic E-state index is 0.0461. The Hall–Kier alpha value is -7.68. The van der Waals surface area contributed by atoms with Crippen LogP contribution in [0.1, 0.15) is 77.6 Å². The van der Waals surface area contributed by atoms with E-state index in [0.29, 0.717) is 0 Å². The zero-order valence-corrected chi connectivity index (χ0v) is 41.2. The molecule has 10 aromatic rings. The van der Waals surface area contributed by atoms with Gasteiger partial charge < -0.3 is 9.80 Å². The van der Waals surface area contributed by atoms with Gasteiger partial charge in [-0.25, -0.2) is 0 Å². The summed E-state index contributed by atoms with van der Waals surface area (Å²) in [5, 5.41) is 5.02. The average molecular weight is 893 g/mol. The minimum Gasteiger partial charge on any atom is -0.310 e. The van der Waals surface area contributed by atoms with Gasteiger partial charge in [-0.2, -0.15) is 0 Å². The molecule has 0 atom stereocenters. The average Bonchev–Trinajstić information content (AvgIpc) is 3.60. The van der Waals surface area contributed by atoms with Crippen LogP contribution in [0, 0.1) is 0 Å². The third-order valence-corrected chi connectivity index (χ3v) is 14.5. The second-order valence-electron chi connectivity index (χ2n) is 21.5. The Morgan fingerprint density at radius 2 is 0.768 bits per heavy atom. The molecule has 0 amide bonds. The van der Waals surface area contributed by atoms with Crippen molar-refractivity contribution in [1.29, 1.82) is 0 Å². The fourth-order valence-corrected chi connectivity index (χ4v) is 10.8. The van der Waals surface area contributed by atoms with E-state index in [1.54, 1.807) is 0 Å². The zero-order chi connectivity index (χ0) is 47.7. The number of anilines is 6. The van der Waals surface area contributed by atoms with Crippen molar-refractivity contribution in [1.82, 2.24) is 0 Å². The van der Waals surface area contributed by atoms with Crippen molar-refractivity contribution in [2.45, 2.75) is 71.6 Å². The van der Waals surface area contributed by atoms with E-state index in [9.17, 15) is 0 Å². The predicted molar refractivity (Wildman–Crippen MR) is 297 cm³/mol. The molecule has 2 heteroatoms. The summed E-state index contributed by atoms with van der Waals surface area (Å²) in [6.45, 7) is 18.5. The maximum atomic E-state index is 2.50. The fourth-order valence-electron chi connectivity index (χ4n) is 10.8. The van der Waals surface area contributed by atoms with Crippen LogP contribution >= 0.6 is 0 Å². The Balaban J connectivity index is 1.05. The third kappa shape index (κ3) is 7.88. The molecule has 0 aromatic heterocycles. The minimum atomic E-state index is -0.293. The predicted octanol–water partition coefficient (Wildman–Crippen LogP) is 19.2. The summed E-state index contributed by atoms with van der Waals surface area (Å²) in [7, 11) is 0. The molecular formula is C67H60N2. The summed E-state index contributed by atoms with van der Waals surface area (Å²) in [6.07, 6.45) is 0. The van der Waals surface area contributed by atoms with Gasteiger partial charge in [-0.3, -0.25) is 0 Å². The van der Waals surface area contributed by atoms with Crippen molar-refractivity contribution in [3.8, 4) is 33.4 Å². The molecule has 0 unspecified atom stereocenters. The van der Waals surface area contributed by atoms with E-state index in [1.165, 1.54) is 82.9 Å². The first kappa shape index (κ1) is 43.9. The molecule has 1 aliphatic carbocycles. The number of fused-ring (bicyclic) bond motifs is 7. The SMILES string of the molecule is CC(C)(C)c1ccc(N(c2ccc(-c3ccccc3)cc2)c2ccc3c4c(ccc3c2)-c2c(cc(N(c3ccc(-c5ccccc5)cc3)c3ccc(C(C)(C)C)cc3)c3ccccc23)C4(C)C)cc1. The lowest BCUT2D eigenvalue weighted by atomic mass is 9.79. The quantitative estimate of drug-likeness (QED) is 0.150. The van der Waals surface area contributed by atoms with Crippen LogP contribution < -0.4 is 9.80 Å². The summed E-state index contributed by atoms with van der Waals surface area (Å²) >= 11 is 0. The molecule has 10 aromatic carbocycles. The van der Waals surface area contributed by atoms with E-state index in [4.69, 9.17) is 0 Å². The van der Waals surface area contributed by atoms with Gasteiger partial charge in [-0.15, -0.1) is 0 Å². The molecular weight excluding hydrogens is 833 g/mol. The molecule has 0 bridgehead atoms. The Morgan fingerprint density at radius 3 is 1.26 bits per heavy atom. The standard InChI is InChI=1S/C67H60N2/c1-65(2,3)50-28-36-53(37-29-50)68(52-32-23-47(24-33-52)45-17-11-9-12-18-45)56-40-42-57-49(43-56)27-41-60-63-59-22-16-15-21-58(59)62(44-61(63)67(7,8)64(57)60)69(55-38-30-51(31-39-55)66(4,5)6)54-34-25-48(26-35-54)46-19-13-10-14-20-46/h9-44H,1-8H3. The third-order valence-electron chi connectivity index (χ3n) is 14.5. The highest BCUT2D eigenvalue weighted by Gasteiger charge is 2.39. The van der Waals surface area contributed by atoms with Gasteiger partial charge in [0.05, 0.1) is 5.69 Å². The number of rotatable bonds is 8. The van der Waals surface area contributed by atoms with E-state index in [1.807, 2.05) is 0 Å². The lowest BCUT2D eigenvalue weighted by Crippen LogP contribution is -2.18. The van der Waals surface area contributed by atoms with Gasteiger partial charge in [0.15, 0.2) is 0 Å². The largest absolute Gasteiger partial charge is 0.310 e. The molecule has 11 rings (SSSR count). The van der Waals surface area contributed by atoms with Crippen molar-refractivity contribution in [2.75, 3.05) is 9.80 Å². The van der Waals surface area contributed by atoms with Crippen LogP contribution in [0.5, 0.6) is 0 Å². The van der Waals surface area contributed by atoms with E-state index in [-0.39, 0.29) is 16.2 Å². The molecule has 0 saturated heterocycles. The summed E-state index contributed by atoms with van der Waals surface area (Å²) in [6, 6.07) is 81.1. The van der Waals surface area contributed by atoms with Gasteiger partial charge in [0.1, 0.15) is 0 Å². The molecule has 338 valence electrons. The molecule has 0 spiro atoms. The van der Waals surface area contributed by atoms with E-state index in [2.05, 4.69) is 284 Å². The van der Waals surface area contributed by atoms with Gasteiger partial charge in [0.2, 0.25) is 0 Å². The summed E-state index contributed by atoms with van der Waals surface area (Å²) in [5.41, 5.74) is 19.5. The van der Waals surface area contributed by atoms with E-state index >= 15 is 0 Å². The van der Waals surface area contributed by atoms with Crippen LogP contribution in [0.2, 0.25) is 0 Å². The van der Waals surface area contributed by atoms with Crippen molar-refractivity contribution >= 4 is 55.7 Å². The first-order valence-electron chi connectivity index (χ1n) is 24.5. The molecule has 0 fully saturated rings. The van der Waals surface area contributed by atoms with Crippen LogP contribution in [0.25, 0.3) is 54.9 Å². The first-order chi connectivity index (χ1) is 33.2. The molecule has 69 heavy (non-hydrogen) atoms. The Labute approximate surface area is 409 Å². The van der Waals surface area contributed by atoms with Gasteiger partial charge in [0.25, 0.3) is 0 Å². The molecule has 2 nitrogen and oxygen atoms in total. The molecule has 0 N–H and O–H groups in total. The van der Waals surface area contributed by atoms with Crippen molar-refractivity contribution in [2.24, 2.45) is 0 Å². The van der Waals surface area contributed by atoms with E-state index < -0.39 is 0 Å². The first-order valence-corrected chi connectivity index (χ1v) is 24.5. The Kier molecular flexibility index (Phi) is 10.7. The van der Waals surface area contributed by atoms with Crippen LogP contribution in [0.15, 0.2) is 218 Å². The monoisotopic (exact) mass is 892 g/mol. The summed E-state index contributed by atoms with van der Waals surface area (Å²) in [4.78, 5) is 4.88. The zero-order valence-electron chi connectivity index (χ0n) is 41.2. The lowest BCUT2D eigenvalue weighted by Gasteiger charge is -2.31. The number of hydrogen-bond acceptors (Lipinski definition) is 2. The number of hydrogen-bond donors (Lipinski definition) is 0. The van der Waals surface area contributed by atoms with Crippen molar-refractivity contribution < 1.29 is 0 Å². The topological polar surface area (TPSA) is 6.48 Å². The molecule has 0 aliphatic heterocycles. The van der Waals surface area contributed by atoms with Crippen LogP contribution in [0.3, 0.4) is 0 Å². The van der Waals surface area contributed by atoms with Crippen LogP contribution in [-0.2, 0) is 16.2 Å². The molecule has 0 radical (unpaired) electrons. The molecule has 1 aliphatic rings. The number of nitrogens with zero attached hydrogens (tertiary/aromatic N) is 2. The number of benzene rings is 10. The molecule has 0 saturated carbocycles. The van der Waals surface area contributed by atoms with Crippen LogP contribution in [-0.4, -0.2) is 0 Å².